The molecular weight excluding hydrogens is 260 g/mol. The van der Waals surface area contributed by atoms with Gasteiger partial charge in [-0.1, -0.05) is 46.3 Å². The number of rotatable bonds is 4. The lowest BCUT2D eigenvalue weighted by Crippen LogP contribution is -2.06. The number of hydrogen-bond donors (Lipinski definition) is 1. The number of carbonyl (C=O) groups is 1. The van der Waals surface area contributed by atoms with Crippen molar-refractivity contribution in [3.63, 3.8) is 0 Å². The summed E-state index contributed by atoms with van der Waals surface area (Å²) in [5.74, 6) is -0.578. The Morgan fingerprint density at radius 1 is 1.40 bits per heavy atom. The van der Waals surface area contributed by atoms with Crippen LogP contribution in [0, 0.1) is 0 Å². The maximum atomic E-state index is 11.1. The van der Waals surface area contributed by atoms with E-state index in [1.54, 1.807) is 24.3 Å². The summed E-state index contributed by atoms with van der Waals surface area (Å²) < 4.78 is 5.03. The number of carboxylic acids is 1. The topological polar surface area (TPSA) is 46.5 Å². The summed E-state index contributed by atoms with van der Waals surface area (Å²) in [4.78, 5) is 11.1. The van der Waals surface area contributed by atoms with Gasteiger partial charge in [0.15, 0.2) is 0 Å². The predicted molar refractivity (Wildman–Crippen MR) is 61.8 cm³/mol. The molecule has 0 bridgehead atoms. The third-order valence-corrected chi connectivity index (χ3v) is 2.43. The number of alkyl halides is 1. The summed E-state index contributed by atoms with van der Waals surface area (Å²) >= 11 is 3.20. The largest absolute Gasteiger partial charge is 0.499 e. The van der Waals surface area contributed by atoms with Crippen molar-refractivity contribution >= 4 is 27.5 Å². The quantitative estimate of drug-likeness (QED) is 0.520. The van der Waals surface area contributed by atoms with Gasteiger partial charge in [-0.25, -0.2) is 4.79 Å². The molecule has 3 nitrogen and oxygen atoms in total. The highest BCUT2D eigenvalue weighted by atomic mass is 79.9. The molecule has 0 atom stereocenters. The zero-order chi connectivity index (χ0) is 11.3. The van der Waals surface area contributed by atoms with E-state index in [0.717, 1.165) is 0 Å². The molecule has 0 aliphatic carbocycles. The van der Waals surface area contributed by atoms with Crippen molar-refractivity contribution in [3.05, 3.63) is 41.7 Å². The molecule has 0 amide bonds. The fourth-order valence-electron chi connectivity index (χ4n) is 1.23. The summed E-state index contributed by atoms with van der Waals surface area (Å²) in [6, 6.07) is 8.90. The summed E-state index contributed by atoms with van der Waals surface area (Å²) in [7, 11) is 1.46. The van der Waals surface area contributed by atoms with Crippen LogP contribution in [0.4, 0.5) is 0 Å². The molecule has 0 radical (unpaired) electrons. The summed E-state index contributed by atoms with van der Waals surface area (Å²) in [5.41, 5.74) is 0.830. The number of hydrogen-bond acceptors (Lipinski definition) is 2. The molecule has 1 aromatic rings. The zero-order valence-corrected chi connectivity index (χ0v) is 9.82. The fraction of sp³-hybridized carbons (Fsp3) is 0.182. The molecule has 1 aromatic carbocycles. The lowest BCUT2D eigenvalue weighted by molar-refractivity contribution is -0.130. The van der Waals surface area contributed by atoms with Crippen LogP contribution in [0.5, 0.6) is 0 Å². The first-order chi connectivity index (χ1) is 7.20. The third-order valence-electron chi connectivity index (χ3n) is 1.92. The van der Waals surface area contributed by atoms with Gasteiger partial charge in [-0.15, -0.1) is 0 Å². The number of halogens is 1. The van der Waals surface area contributed by atoms with Crippen LogP contribution >= 0.6 is 15.9 Å². The Balaban J connectivity index is 3.26. The van der Waals surface area contributed by atoms with Gasteiger partial charge in [0.2, 0.25) is 0 Å². The standard InChI is InChI=1S/C11H11BrO3/c1-15-9(7-12)10(11(13)14)8-5-3-2-4-6-8/h2-6H,7H2,1H3,(H,13,14). The molecule has 0 aromatic heterocycles. The van der Waals surface area contributed by atoms with E-state index in [1.807, 2.05) is 6.07 Å². The number of benzene rings is 1. The van der Waals surface area contributed by atoms with Crippen molar-refractivity contribution in [1.29, 1.82) is 0 Å². The fourth-order valence-corrected chi connectivity index (χ4v) is 1.74. The molecule has 0 aliphatic heterocycles. The van der Waals surface area contributed by atoms with Crippen molar-refractivity contribution in [2.45, 2.75) is 0 Å². The first-order valence-corrected chi connectivity index (χ1v) is 5.44. The molecule has 1 N–H and O–H groups in total. The van der Waals surface area contributed by atoms with Crippen LogP contribution in [0.25, 0.3) is 5.57 Å². The van der Waals surface area contributed by atoms with Gasteiger partial charge in [-0.05, 0) is 5.56 Å². The second-order valence-electron chi connectivity index (χ2n) is 2.81. The van der Waals surface area contributed by atoms with Gasteiger partial charge in [-0.2, -0.15) is 0 Å². The van der Waals surface area contributed by atoms with Crippen LogP contribution in [-0.2, 0) is 9.53 Å². The molecule has 0 saturated carbocycles. The third kappa shape index (κ3) is 2.83. The molecular formula is C11H11BrO3. The maximum absolute atomic E-state index is 11.1. The smallest absolute Gasteiger partial charge is 0.339 e. The minimum absolute atomic E-state index is 0.190. The van der Waals surface area contributed by atoms with Crippen LogP contribution in [0.3, 0.4) is 0 Å². The van der Waals surface area contributed by atoms with Crippen molar-refractivity contribution in [2.75, 3.05) is 12.4 Å². The minimum atomic E-state index is -0.988. The van der Waals surface area contributed by atoms with Gasteiger partial charge in [0, 0.05) is 0 Å². The van der Waals surface area contributed by atoms with Gasteiger partial charge < -0.3 is 9.84 Å². The maximum Gasteiger partial charge on any atom is 0.339 e. The van der Waals surface area contributed by atoms with Crippen molar-refractivity contribution in [3.8, 4) is 0 Å². The second-order valence-corrected chi connectivity index (χ2v) is 3.37. The summed E-state index contributed by atoms with van der Waals surface area (Å²) in [5, 5.41) is 9.48. The number of ether oxygens (including phenoxy) is 1. The van der Waals surface area contributed by atoms with Crippen LogP contribution in [0.2, 0.25) is 0 Å². The zero-order valence-electron chi connectivity index (χ0n) is 8.24. The number of aliphatic carboxylic acids is 1. The van der Waals surface area contributed by atoms with Gasteiger partial charge in [-0.3, -0.25) is 0 Å². The average Bonchev–Trinajstić information content (AvgIpc) is 2.26. The highest BCUT2D eigenvalue weighted by Crippen LogP contribution is 2.20. The highest BCUT2D eigenvalue weighted by molar-refractivity contribution is 9.09. The van der Waals surface area contributed by atoms with E-state index in [9.17, 15) is 4.79 Å². The summed E-state index contributed by atoms with van der Waals surface area (Å²) in [6.45, 7) is 0. The van der Waals surface area contributed by atoms with E-state index in [0.29, 0.717) is 16.7 Å². The second kappa shape index (κ2) is 5.56. The number of methoxy groups -OCH3 is 1. The van der Waals surface area contributed by atoms with Gasteiger partial charge in [0.25, 0.3) is 0 Å². The van der Waals surface area contributed by atoms with E-state index in [2.05, 4.69) is 15.9 Å². The Kier molecular flexibility index (Phi) is 4.37. The molecule has 15 heavy (non-hydrogen) atoms. The molecule has 0 saturated heterocycles. The Labute approximate surface area is 96.5 Å². The molecule has 4 heteroatoms. The van der Waals surface area contributed by atoms with Crippen molar-refractivity contribution in [1.82, 2.24) is 0 Å². The lowest BCUT2D eigenvalue weighted by atomic mass is 10.1. The minimum Gasteiger partial charge on any atom is -0.499 e. The average molecular weight is 271 g/mol. The Morgan fingerprint density at radius 2 is 2.00 bits per heavy atom. The Bertz CT molecular complexity index is 365. The van der Waals surface area contributed by atoms with Crippen LogP contribution in [-0.4, -0.2) is 23.5 Å². The predicted octanol–water partition coefficient (Wildman–Crippen LogP) is 2.52. The van der Waals surface area contributed by atoms with Crippen LogP contribution in [0.1, 0.15) is 5.56 Å². The van der Waals surface area contributed by atoms with Gasteiger partial charge in [0.1, 0.15) is 11.3 Å². The molecule has 0 unspecified atom stereocenters. The van der Waals surface area contributed by atoms with E-state index in [4.69, 9.17) is 9.84 Å². The molecule has 0 spiro atoms. The number of carboxylic acid groups (broad SMARTS) is 1. The van der Waals surface area contributed by atoms with E-state index in [1.165, 1.54) is 7.11 Å². The molecule has 0 aliphatic rings. The van der Waals surface area contributed by atoms with Crippen LogP contribution in [0.15, 0.2) is 36.1 Å². The lowest BCUT2D eigenvalue weighted by Gasteiger charge is -2.08. The van der Waals surface area contributed by atoms with Crippen LogP contribution < -0.4 is 0 Å². The molecule has 0 fully saturated rings. The van der Waals surface area contributed by atoms with Gasteiger partial charge >= 0.3 is 5.97 Å². The van der Waals surface area contributed by atoms with E-state index < -0.39 is 5.97 Å². The molecule has 0 heterocycles. The van der Waals surface area contributed by atoms with Gasteiger partial charge in [0.05, 0.1) is 12.4 Å². The Hall–Kier alpha value is -1.29. The number of allylic oxidation sites excluding steroid dienone is 1. The first kappa shape index (κ1) is 11.8. The van der Waals surface area contributed by atoms with Crippen molar-refractivity contribution < 1.29 is 14.6 Å². The van der Waals surface area contributed by atoms with Crippen molar-refractivity contribution in [2.24, 2.45) is 0 Å². The summed E-state index contributed by atoms with van der Waals surface area (Å²) in [6.07, 6.45) is 0. The monoisotopic (exact) mass is 270 g/mol. The highest BCUT2D eigenvalue weighted by Gasteiger charge is 2.16. The molecule has 80 valence electrons. The SMILES string of the molecule is COC(CBr)=C(C(=O)O)c1ccccc1. The molecule has 1 rings (SSSR count). The normalized spacial score (nSPS) is 11.9. The Morgan fingerprint density at radius 3 is 2.40 bits per heavy atom. The van der Waals surface area contributed by atoms with E-state index >= 15 is 0 Å². The first-order valence-electron chi connectivity index (χ1n) is 4.32. The van der Waals surface area contributed by atoms with E-state index in [-0.39, 0.29) is 5.57 Å².